The van der Waals surface area contributed by atoms with Crippen LogP contribution in [0.15, 0.2) is 24.3 Å². The number of nitrogens with zero attached hydrogens (tertiary/aromatic N) is 1. The van der Waals surface area contributed by atoms with Gasteiger partial charge in [0.2, 0.25) is 0 Å². The van der Waals surface area contributed by atoms with Gasteiger partial charge in [-0.2, -0.15) is 0 Å². The van der Waals surface area contributed by atoms with Crippen LogP contribution in [0.5, 0.6) is 0 Å². The maximum absolute atomic E-state index is 13.7. The Kier molecular flexibility index (Phi) is 3.14. The number of aryl methyl sites for hydroxylation is 1. The van der Waals surface area contributed by atoms with Crippen LogP contribution in [0.2, 0.25) is 0 Å². The smallest absolute Gasteiger partial charge is 0.133 e. The largest absolute Gasteiger partial charge is 0.330 e. The molecule has 0 amide bonds. The van der Waals surface area contributed by atoms with E-state index in [1.807, 2.05) is 6.07 Å². The van der Waals surface area contributed by atoms with Gasteiger partial charge in [0.05, 0.1) is 5.69 Å². The van der Waals surface area contributed by atoms with Gasteiger partial charge in [0, 0.05) is 16.4 Å². The Bertz CT molecular complexity index is 565. The van der Waals surface area contributed by atoms with Crippen LogP contribution in [-0.4, -0.2) is 11.5 Å². The second-order valence-electron chi connectivity index (χ2n) is 4.62. The standard InChI is InChI=1S/C14H15FN2S/c15-11-4-2-1-3-10(11)14-17-13-9(7-8-16)5-6-12(13)18-14/h1-4,9H,5-8,16H2. The molecule has 0 bridgehead atoms. The number of rotatable bonds is 3. The second-order valence-corrected chi connectivity index (χ2v) is 5.70. The highest BCUT2D eigenvalue weighted by Gasteiger charge is 2.27. The summed E-state index contributed by atoms with van der Waals surface area (Å²) in [5.74, 6) is 0.280. The lowest BCUT2D eigenvalue weighted by Gasteiger charge is -2.06. The molecule has 18 heavy (non-hydrogen) atoms. The van der Waals surface area contributed by atoms with E-state index in [4.69, 9.17) is 5.73 Å². The van der Waals surface area contributed by atoms with Gasteiger partial charge in [0.15, 0.2) is 0 Å². The molecule has 1 aromatic heterocycles. The molecule has 2 aromatic rings. The number of aromatic nitrogens is 1. The van der Waals surface area contributed by atoms with E-state index in [2.05, 4.69) is 4.98 Å². The van der Waals surface area contributed by atoms with Crippen molar-refractivity contribution in [3.63, 3.8) is 0 Å². The zero-order valence-corrected chi connectivity index (χ0v) is 10.8. The maximum atomic E-state index is 13.7. The van der Waals surface area contributed by atoms with Crippen molar-refractivity contribution in [1.29, 1.82) is 0 Å². The van der Waals surface area contributed by atoms with E-state index in [-0.39, 0.29) is 5.82 Å². The molecule has 1 heterocycles. The van der Waals surface area contributed by atoms with E-state index in [0.717, 1.165) is 30.0 Å². The van der Waals surface area contributed by atoms with Gasteiger partial charge in [-0.3, -0.25) is 0 Å². The molecule has 94 valence electrons. The molecule has 2 nitrogen and oxygen atoms in total. The Morgan fingerprint density at radius 3 is 3.00 bits per heavy atom. The molecule has 1 aliphatic rings. The summed E-state index contributed by atoms with van der Waals surface area (Å²) in [6, 6.07) is 6.83. The summed E-state index contributed by atoms with van der Waals surface area (Å²) in [6.07, 6.45) is 3.18. The predicted molar refractivity (Wildman–Crippen MR) is 72.2 cm³/mol. The minimum Gasteiger partial charge on any atom is -0.330 e. The van der Waals surface area contributed by atoms with Gasteiger partial charge in [-0.05, 0) is 37.9 Å². The zero-order chi connectivity index (χ0) is 12.5. The average molecular weight is 262 g/mol. The predicted octanol–water partition coefficient (Wildman–Crippen LogP) is 3.33. The van der Waals surface area contributed by atoms with E-state index >= 15 is 0 Å². The first-order chi connectivity index (χ1) is 8.79. The molecule has 0 saturated heterocycles. The third kappa shape index (κ3) is 1.95. The van der Waals surface area contributed by atoms with E-state index in [9.17, 15) is 4.39 Å². The molecule has 0 aliphatic heterocycles. The highest BCUT2D eigenvalue weighted by molar-refractivity contribution is 7.15. The van der Waals surface area contributed by atoms with E-state index in [0.29, 0.717) is 18.0 Å². The second kappa shape index (κ2) is 4.78. The Morgan fingerprint density at radius 1 is 1.39 bits per heavy atom. The molecule has 4 heteroatoms. The average Bonchev–Trinajstić information content (AvgIpc) is 2.92. The van der Waals surface area contributed by atoms with Crippen molar-refractivity contribution in [2.75, 3.05) is 6.54 Å². The molecule has 1 aromatic carbocycles. The summed E-state index contributed by atoms with van der Waals surface area (Å²) >= 11 is 1.63. The number of hydrogen-bond donors (Lipinski definition) is 1. The summed E-state index contributed by atoms with van der Waals surface area (Å²) in [5, 5.41) is 0.805. The maximum Gasteiger partial charge on any atom is 0.133 e. The number of fused-ring (bicyclic) bond motifs is 1. The number of nitrogens with two attached hydrogens (primary N) is 1. The SMILES string of the molecule is NCCC1CCc2sc(-c3ccccc3F)nc21. The van der Waals surface area contributed by atoms with Crippen LogP contribution in [0, 0.1) is 5.82 Å². The molecule has 0 fully saturated rings. The number of benzene rings is 1. The van der Waals surface area contributed by atoms with Gasteiger partial charge in [-0.1, -0.05) is 12.1 Å². The van der Waals surface area contributed by atoms with Gasteiger partial charge in [-0.15, -0.1) is 11.3 Å². The highest BCUT2D eigenvalue weighted by Crippen LogP contribution is 2.41. The first-order valence-corrected chi connectivity index (χ1v) is 7.06. The molecule has 2 N–H and O–H groups in total. The van der Waals surface area contributed by atoms with Gasteiger partial charge in [-0.25, -0.2) is 9.37 Å². The van der Waals surface area contributed by atoms with Crippen molar-refractivity contribution in [3.8, 4) is 10.6 Å². The van der Waals surface area contributed by atoms with Crippen molar-refractivity contribution in [2.45, 2.75) is 25.2 Å². The van der Waals surface area contributed by atoms with Gasteiger partial charge in [0.25, 0.3) is 0 Å². The molecule has 1 atom stereocenters. The molecular formula is C14H15FN2S. The Hall–Kier alpha value is -1.26. The molecule has 0 saturated carbocycles. The number of halogens is 1. The fourth-order valence-corrected chi connectivity index (χ4v) is 3.73. The molecule has 1 unspecified atom stereocenters. The molecular weight excluding hydrogens is 247 g/mol. The van der Waals surface area contributed by atoms with Crippen LogP contribution in [0.3, 0.4) is 0 Å². The lowest BCUT2D eigenvalue weighted by atomic mass is 10.0. The Morgan fingerprint density at radius 2 is 2.22 bits per heavy atom. The van der Waals surface area contributed by atoms with Gasteiger partial charge in [0.1, 0.15) is 10.8 Å². The van der Waals surface area contributed by atoms with Crippen molar-refractivity contribution in [1.82, 2.24) is 4.98 Å². The minimum absolute atomic E-state index is 0.194. The van der Waals surface area contributed by atoms with Gasteiger partial charge >= 0.3 is 0 Å². The van der Waals surface area contributed by atoms with Crippen molar-refractivity contribution < 1.29 is 4.39 Å². The van der Waals surface area contributed by atoms with E-state index in [1.54, 1.807) is 23.5 Å². The van der Waals surface area contributed by atoms with Crippen LogP contribution in [0.25, 0.3) is 10.6 Å². The highest BCUT2D eigenvalue weighted by atomic mass is 32.1. The summed E-state index contributed by atoms with van der Waals surface area (Å²) in [5.41, 5.74) is 7.39. The number of hydrogen-bond acceptors (Lipinski definition) is 3. The van der Waals surface area contributed by atoms with Crippen molar-refractivity contribution in [3.05, 3.63) is 40.7 Å². The fourth-order valence-electron chi connectivity index (χ4n) is 2.54. The van der Waals surface area contributed by atoms with Crippen LogP contribution in [-0.2, 0) is 6.42 Å². The monoisotopic (exact) mass is 262 g/mol. The summed E-state index contributed by atoms with van der Waals surface area (Å²) in [6.45, 7) is 0.691. The van der Waals surface area contributed by atoms with Crippen molar-refractivity contribution >= 4 is 11.3 Å². The quantitative estimate of drug-likeness (QED) is 0.921. The number of thiazole rings is 1. The first kappa shape index (κ1) is 11.8. The van der Waals surface area contributed by atoms with Crippen LogP contribution < -0.4 is 5.73 Å². The first-order valence-electron chi connectivity index (χ1n) is 6.24. The normalized spacial score (nSPS) is 18.0. The van der Waals surface area contributed by atoms with E-state index < -0.39 is 0 Å². The Labute approximate surface area is 110 Å². The zero-order valence-electron chi connectivity index (χ0n) is 10.0. The fraction of sp³-hybridized carbons (Fsp3) is 0.357. The van der Waals surface area contributed by atoms with Gasteiger partial charge < -0.3 is 5.73 Å². The topological polar surface area (TPSA) is 38.9 Å². The summed E-state index contributed by atoms with van der Waals surface area (Å²) < 4.78 is 13.7. The van der Waals surface area contributed by atoms with Crippen LogP contribution >= 0.6 is 11.3 Å². The Balaban J connectivity index is 1.97. The minimum atomic E-state index is -0.194. The molecule has 1 aliphatic carbocycles. The van der Waals surface area contributed by atoms with Crippen LogP contribution in [0.1, 0.15) is 29.3 Å². The lowest BCUT2D eigenvalue weighted by molar-refractivity contribution is 0.615. The van der Waals surface area contributed by atoms with Crippen molar-refractivity contribution in [2.24, 2.45) is 5.73 Å². The molecule has 0 radical (unpaired) electrons. The van der Waals surface area contributed by atoms with E-state index in [1.165, 1.54) is 10.9 Å². The summed E-state index contributed by atoms with van der Waals surface area (Å²) in [4.78, 5) is 5.96. The third-order valence-corrected chi connectivity index (χ3v) is 4.62. The van der Waals surface area contributed by atoms with Crippen LogP contribution in [0.4, 0.5) is 4.39 Å². The molecule has 3 rings (SSSR count). The molecule has 0 spiro atoms. The summed E-state index contributed by atoms with van der Waals surface area (Å²) in [7, 11) is 0. The lowest BCUT2D eigenvalue weighted by Crippen LogP contribution is -2.05. The third-order valence-electron chi connectivity index (χ3n) is 3.45.